The number of rotatable bonds is 49. The second-order valence-electron chi connectivity index (χ2n) is 18.8. The van der Waals surface area contributed by atoms with Gasteiger partial charge in [-0.3, -0.25) is 9.69 Å². The molecule has 1 aliphatic rings. The summed E-state index contributed by atoms with van der Waals surface area (Å²) in [6.45, 7) is 20.7. The van der Waals surface area contributed by atoms with Crippen LogP contribution in [0, 0.1) is 5.41 Å². The topological polar surface area (TPSA) is 69.7 Å². The number of nitrogens with zero attached hydrogens (tertiary/aromatic N) is 2. The highest BCUT2D eigenvalue weighted by atomic mass is 16.5. The Kier molecular flexibility index (Phi) is 43.7. The van der Waals surface area contributed by atoms with E-state index in [2.05, 4.69) is 37.5 Å². The molecule has 0 saturated carbocycles. The predicted octanol–water partition coefficient (Wildman–Crippen LogP) is 13.8. The molecule has 0 spiro atoms. The number of hydrogen-bond acceptors (Lipinski definition) is 8. The van der Waals surface area contributed by atoms with Crippen LogP contribution in [0.15, 0.2) is 0 Å². The first-order valence-electron chi connectivity index (χ1n) is 27.0. The quantitative estimate of drug-likeness (QED) is 0.0442. The molecule has 0 radical (unpaired) electrons. The number of piperazine rings is 1. The molecule has 0 N–H and O–H groups in total. The third-order valence-corrected chi connectivity index (χ3v) is 12.8. The van der Waals surface area contributed by atoms with Gasteiger partial charge >= 0.3 is 5.97 Å². The molecule has 1 rings (SSSR count). The molecule has 0 aromatic carbocycles. The van der Waals surface area contributed by atoms with Gasteiger partial charge in [-0.2, -0.15) is 0 Å². The monoisotopic (exact) mass is 867 g/mol. The van der Waals surface area contributed by atoms with Gasteiger partial charge in [-0.1, -0.05) is 194 Å². The summed E-state index contributed by atoms with van der Waals surface area (Å²) in [5.74, 6) is -0.112. The molecule has 1 heterocycles. The van der Waals surface area contributed by atoms with Gasteiger partial charge in [0.1, 0.15) is 6.61 Å². The number of unbranched alkanes of at least 4 members (excludes halogenated alkanes) is 27. The lowest BCUT2D eigenvalue weighted by Gasteiger charge is -2.34. The Labute approximate surface area is 380 Å². The summed E-state index contributed by atoms with van der Waals surface area (Å²) < 4.78 is 31.0. The van der Waals surface area contributed by atoms with E-state index in [0.717, 1.165) is 98.0 Å². The standard InChI is InChI=1S/C53H106N2O6/c1-5-9-12-15-18-21-24-27-30-33-44-58-48-53(49-59-45-34-31-28-25-22-19-16-13-10-6-2,50-60-46-35-32-29-26-23-20-17-14-11-7-3)51-61-52(56)37-36-38-54-39-41-55(42-40-54)43-47-57-8-4/h5-51H2,1-4H3. The van der Waals surface area contributed by atoms with Gasteiger partial charge in [0.05, 0.1) is 31.8 Å². The van der Waals surface area contributed by atoms with Gasteiger partial charge in [-0.15, -0.1) is 0 Å². The van der Waals surface area contributed by atoms with Crippen LogP contribution in [-0.4, -0.2) is 114 Å². The summed E-state index contributed by atoms with van der Waals surface area (Å²) in [5.41, 5.74) is -0.497. The third kappa shape index (κ3) is 38.2. The van der Waals surface area contributed by atoms with Crippen LogP contribution < -0.4 is 0 Å². The SMILES string of the molecule is CCCCCCCCCCCCOCC(COCCCCCCCCCCCC)(COCCCCCCCCCCCC)COC(=O)CCCN1CCN(CCOCC)CC1. The molecule has 0 bridgehead atoms. The molecular weight excluding hydrogens is 761 g/mol. The van der Waals surface area contributed by atoms with Gasteiger partial charge in [0.25, 0.3) is 0 Å². The van der Waals surface area contributed by atoms with Crippen LogP contribution in [0.1, 0.15) is 233 Å². The Bertz CT molecular complexity index is 815. The van der Waals surface area contributed by atoms with Gasteiger partial charge in [-0.25, -0.2) is 0 Å². The Morgan fingerprint density at radius 1 is 0.377 bits per heavy atom. The van der Waals surface area contributed by atoms with Crippen molar-refractivity contribution in [2.75, 3.05) is 98.7 Å². The van der Waals surface area contributed by atoms with Crippen LogP contribution in [0.3, 0.4) is 0 Å². The van der Waals surface area contributed by atoms with E-state index >= 15 is 0 Å². The van der Waals surface area contributed by atoms with Crippen molar-refractivity contribution in [3.63, 3.8) is 0 Å². The van der Waals surface area contributed by atoms with Gasteiger partial charge in [0.15, 0.2) is 0 Å². The van der Waals surface area contributed by atoms with Crippen molar-refractivity contribution in [2.45, 2.75) is 233 Å². The average Bonchev–Trinajstić information content (AvgIpc) is 3.27. The van der Waals surface area contributed by atoms with E-state index in [-0.39, 0.29) is 5.97 Å². The maximum absolute atomic E-state index is 13.3. The zero-order chi connectivity index (χ0) is 44.0. The number of hydrogen-bond donors (Lipinski definition) is 0. The lowest BCUT2D eigenvalue weighted by Crippen LogP contribution is -2.47. The van der Waals surface area contributed by atoms with Crippen LogP contribution in [0.4, 0.5) is 0 Å². The fourth-order valence-corrected chi connectivity index (χ4v) is 8.52. The van der Waals surface area contributed by atoms with Gasteiger partial charge in [0.2, 0.25) is 0 Å². The van der Waals surface area contributed by atoms with E-state index in [1.807, 2.05) is 0 Å². The molecule has 0 amide bonds. The highest BCUT2D eigenvalue weighted by Gasteiger charge is 2.34. The minimum atomic E-state index is -0.497. The Hall–Kier alpha value is -0.770. The molecule has 0 aliphatic carbocycles. The minimum absolute atomic E-state index is 0.112. The predicted molar refractivity (Wildman–Crippen MR) is 260 cm³/mol. The highest BCUT2D eigenvalue weighted by molar-refractivity contribution is 5.69. The maximum atomic E-state index is 13.3. The van der Waals surface area contributed by atoms with Gasteiger partial charge in [0, 0.05) is 65.6 Å². The van der Waals surface area contributed by atoms with E-state index < -0.39 is 5.41 Å². The van der Waals surface area contributed by atoms with E-state index in [1.165, 1.54) is 173 Å². The minimum Gasteiger partial charge on any atom is -0.465 e. The summed E-state index contributed by atoms with van der Waals surface area (Å²) >= 11 is 0. The average molecular weight is 867 g/mol. The smallest absolute Gasteiger partial charge is 0.305 e. The van der Waals surface area contributed by atoms with Crippen LogP contribution in [0.25, 0.3) is 0 Å². The first kappa shape index (κ1) is 58.2. The van der Waals surface area contributed by atoms with Crippen molar-refractivity contribution in [3.8, 4) is 0 Å². The van der Waals surface area contributed by atoms with Gasteiger partial charge < -0.3 is 28.6 Å². The first-order valence-corrected chi connectivity index (χ1v) is 27.0. The van der Waals surface area contributed by atoms with E-state index in [4.69, 9.17) is 23.7 Å². The van der Waals surface area contributed by atoms with Crippen LogP contribution in [0.5, 0.6) is 0 Å². The van der Waals surface area contributed by atoms with E-state index in [1.54, 1.807) is 0 Å². The molecule has 1 fully saturated rings. The molecule has 1 saturated heterocycles. The van der Waals surface area contributed by atoms with E-state index in [0.29, 0.717) is 32.8 Å². The number of esters is 1. The van der Waals surface area contributed by atoms with Crippen LogP contribution >= 0.6 is 0 Å². The van der Waals surface area contributed by atoms with E-state index in [9.17, 15) is 4.79 Å². The zero-order valence-corrected chi connectivity index (χ0v) is 41.6. The molecule has 0 unspecified atom stereocenters. The Morgan fingerprint density at radius 3 is 1.05 bits per heavy atom. The largest absolute Gasteiger partial charge is 0.465 e. The zero-order valence-electron chi connectivity index (χ0n) is 41.6. The molecule has 0 aromatic rings. The summed E-state index contributed by atoms with van der Waals surface area (Å²) in [6.07, 6.45) is 40.6. The van der Waals surface area contributed by atoms with Crippen molar-refractivity contribution in [1.82, 2.24) is 9.80 Å². The lowest BCUT2D eigenvalue weighted by molar-refractivity contribution is -0.156. The number of carbonyl (C=O) groups is 1. The Morgan fingerprint density at radius 2 is 0.705 bits per heavy atom. The molecule has 364 valence electrons. The normalized spacial score (nSPS) is 14.0. The number of ether oxygens (including phenoxy) is 5. The van der Waals surface area contributed by atoms with Crippen molar-refractivity contribution < 1.29 is 28.5 Å². The summed E-state index contributed by atoms with van der Waals surface area (Å²) in [5, 5.41) is 0. The van der Waals surface area contributed by atoms with Crippen molar-refractivity contribution in [2.24, 2.45) is 5.41 Å². The molecular formula is C53H106N2O6. The maximum Gasteiger partial charge on any atom is 0.305 e. The van der Waals surface area contributed by atoms with Crippen LogP contribution in [0.2, 0.25) is 0 Å². The van der Waals surface area contributed by atoms with Crippen molar-refractivity contribution in [3.05, 3.63) is 0 Å². The molecule has 61 heavy (non-hydrogen) atoms. The second-order valence-corrected chi connectivity index (χ2v) is 18.8. The molecule has 0 atom stereocenters. The lowest BCUT2D eigenvalue weighted by atomic mass is 9.92. The fourth-order valence-electron chi connectivity index (χ4n) is 8.52. The van der Waals surface area contributed by atoms with Crippen molar-refractivity contribution in [1.29, 1.82) is 0 Å². The highest BCUT2D eigenvalue weighted by Crippen LogP contribution is 2.23. The molecule has 8 heteroatoms. The Balaban J connectivity index is 2.68. The van der Waals surface area contributed by atoms with Crippen molar-refractivity contribution >= 4 is 5.97 Å². The molecule has 1 aliphatic heterocycles. The summed E-state index contributed by atoms with van der Waals surface area (Å²) in [7, 11) is 0. The third-order valence-electron chi connectivity index (χ3n) is 12.8. The molecule has 8 nitrogen and oxygen atoms in total. The summed E-state index contributed by atoms with van der Waals surface area (Å²) in [6, 6.07) is 0. The second kappa shape index (κ2) is 45.8. The first-order chi connectivity index (χ1) is 30.1. The van der Waals surface area contributed by atoms with Gasteiger partial charge in [-0.05, 0) is 39.2 Å². The summed E-state index contributed by atoms with van der Waals surface area (Å²) in [4.78, 5) is 18.2. The fraction of sp³-hybridized carbons (Fsp3) is 0.981. The molecule has 0 aromatic heterocycles. The van der Waals surface area contributed by atoms with Crippen LogP contribution in [-0.2, 0) is 28.5 Å². The number of carbonyl (C=O) groups excluding carboxylic acids is 1.